The molecule has 0 aliphatic heterocycles. The van der Waals surface area contributed by atoms with E-state index in [1.165, 1.54) is 5.56 Å². The third-order valence-electron chi connectivity index (χ3n) is 6.31. The van der Waals surface area contributed by atoms with Gasteiger partial charge in [-0.2, -0.15) is 0 Å². The predicted molar refractivity (Wildman–Crippen MR) is 149 cm³/mol. The highest BCUT2D eigenvalue weighted by Crippen LogP contribution is 2.40. The average molecular weight is 566 g/mol. The van der Waals surface area contributed by atoms with Crippen LogP contribution in [-0.4, -0.2) is 36.7 Å². The van der Waals surface area contributed by atoms with Gasteiger partial charge in [-0.3, -0.25) is 4.79 Å². The molecule has 0 fully saturated rings. The van der Waals surface area contributed by atoms with Crippen LogP contribution in [0.3, 0.4) is 0 Å². The lowest BCUT2D eigenvalue weighted by Gasteiger charge is -2.23. The number of nitrogens with one attached hydrogen (secondary N) is 1. The molecule has 1 heterocycles. The summed E-state index contributed by atoms with van der Waals surface area (Å²) in [5.74, 6) is 2.05. The second kappa shape index (κ2) is 11.8. The van der Waals surface area contributed by atoms with Crippen LogP contribution in [0.1, 0.15) is 49.0 Å². The monoisotopic (exact) mass is 565 g/mol. The average Bonchev–Trinajstić information content (AvgIpc) is 3.34. The number of imidazole rings is 1. The number of fused-ring (bicyclic) bond motifs is 1. The number of aromatic nitrogens is 2. The fourth-order valence-corrected chi connectivity index (χ4v) is 4.95. The molecule has 0 aliphatic carbocycles. The smallest absolute Gasteiger partial charge is 0.221 e. The Morgan fingerprint density at radius 1 is 1.08 bits per heavy atom. The molecule has 3 aromatic carbocycles. The first kappa shape index (κ1) is 26.7. The molecular formula is C29H32BrN3O4. The fourth-order valence-electron chi connectivity index (χ4n) is 4.29. The first-order valence-corrected chi connectivity index (χ1v) is 13.0. The first-order chi connectivity index (χ1) is 17.8. The Morgan fingerprint density at radius 3 is 2.46 bits per heavy atom. The second-order valence-corrected chi connectivity index (χ2v) is 10.00. The molecule has 0 bridgehead atoms. The van der Waals surface area contributed by atoms with Crippen LogP contribution in [0.4, 0.5) is 0 Å². The molecule has 3 N–H and O–H groups in total. The Hall–Kier alpha value is -3.36. The standard InChI is InChI=1S/C29H32BrN3O4/c1-17(2)18-9-11-19(12-10-18)29-32-27-24(36-4)16-21(26(30)28(27)33-29)23(13-14-35-3)37-22-8-6-5-7-20(22)15-25(31)34/h5-12,16-17,23H,13-15H2,1-4H3,(H2,31,34)(H,32,33). The van der Waals surface area contributed by atoms with E-state index in [1.54, 1.807) is 14.2 Å². The maximum Gasteiger partial charge on any atom is 0.221 e. The van der Waals surface area contributed by atoms with E-state index in [4.69, 9.17) is 24.9 Å². The summed E-state index contributed by atoms with van der Waals surface area (Å²) in [6.07, 6.45) is 0.268. The van der Waals surface area contributed by atoms with Crippen molar-refractivity contribution in [2.24, 2.45) is 5.73 Å². The molecule has 7 nitrogen and oxygen atoms in total. The molecule has 0 saturated carbocycles. The Kier molecular flexibility index (Phi) is 8.51. The molecule has 8 heteroatoms. The highest BCUT2D eigenvalue weighted by molar-refractivity contribution is 9.10. The second-order valence-electron chi connectivity index (χ2n) is 9.21. The number of benzene rings is 3. The van der Waals surface area contributed by atoms with E-state index >= 15 is 0 Å². The van der Waals surface area contributed by atoms with Gasteiger partial charge < -0.3 is 24.9 Å². The van der Waals surface area contributed by atoms with Crippen LogP contribution in [0, 0.1) is 0 Å². The van der Waals surface area contributed by atoms with E-state index in [2.05, 4.69) is 59.0 Å². The van der Waals surface area contributed by atoms with Gasteiger partial charge in [-0.25, -0.2) is 4.98 Å². The van der Waals surface area contributed by atoms with E-state index in [0.29, 0.717) is 30.4 Å². The van der Waals surface area contributed by atoms with E-state index in [0.717, 1.165) is 38.0 Å². The highest BCUT2D eigenvalue weighted by Gasteiger charge is 2.24. The number of H-pyrrole nitrogens is 1. The van der Waals surface area contributed by atoms with Crippen molar-refractivity contribution >= 4 is 32.9 Å². The number of methoxy groups -OCH3 is 2. The van der Waals surface area contributed by atoms with Gasteiger partial charge >= 0.3 is 0 Å². The molecule has 194 valence electrons. The SMILES string of the molecule is COCCC(Oc1ccccc1CC(N)=O)c1cc(OC)c2[nH]c(-c3ccc(C(C)C)cc3)nc2c1Br. The normalized spacial score (nSPS) is 12.2. The summed E-state index contributed by atoms with van der Waals surface area (Å²) in [5.41, 5.74) is 10.9. The van der Waals surface area contributed by atoms with Crippen LogP contribution in [0.5, 0.6) is 11.5 Å². The Morgan fingerprint density at radius 2 is 1.81 bits per heavy atom. The summed E-state index contributed by atoms with van der Waals surface area (Å²) >= 11 is 3.79. The van der Waals surface area contributed by atoms with Gasteiger partial charge in [-0.1, -0.05) is 56.3 Å². The molecule has 37 heavy (non-hydrogen) atoms. The summed E-state index contributed by atoms with van der Waals surface area (Å²) in [5, 5.41) is 0. The number of nitrogens with zero attached hydrogens (tertiary/aromatic N) is 1. The molecule has 0 spiro atoms. The molecule has 1 amide bonds. The van der Waals surface area contributed by atoms with Gasteiger partial charge in [0.25, 0.3) is 0 Å². The van der Waals surface area contributed by atoms with Crippen LogP contribution < -0.4 is 15.2 Å². The molecule has 1 aromatic heterocycles. The molecule has 4 aromatic rings. The summed E-state index contributed by atoms with van der Waals surface area (Å²) in [7, 11) is 3.29. The third-order valence-corrected chi connectivity index (χ3v) is 7.14. The number of nitrogens with two attached hydrogens (primary N) is 1. The molecule has 0 aliphatic rings. The molecular weight excluding hydrogens is 534 g/mol. The minimum Gasteiger partial charge on any atom is -0.494 e. The Bertz CT molecular complexity index is 1380. The van der Waals surface area contributed by atoms with E-state index in [1.807, 2.05) is 30.3 Å². The van der Waals surface area contributed by atoms with Crippen LogP contribution in [0.25, 0.3) is 22.4 Å². The summed E-state index contributed by atoms with van der Waals surface area (Å²) < 4.78 is 18.4. The number of halogens is 1. The summed E-state index contributed by atoms with van der Waals surface area (Å²) in [6, 6.07) is 17.8. The number of hydrogen-bond acceptors (Lipinski definition) is 5. The van der Waals surface area contributed by atoms with Crippen molar-refractivity contribution in [1.82, 2.24) is 9.97 Å². The maximum absolute atomic E-state index is 11.6. The van der Waals surface area contributed by atoms with Crippen LogP contribution >= 0.6 is 15.9 Å². The van der Waals surface area contributed by atoms with Gasteiger partial charge in [0.1, 0.15) is 34.5 Å². The van der Waals surface area contributed by atoms with Crippen molar-refractivity contribution in [1.29, 1.82) is 0 Å². The number of ether oxygens (including phenoxy) is 3. The number of amides is 1. The van der Waals surface area contributed by atoms with Crippen molar-refractivity contribution in [3.8, 4) is 22.9 Å². The summed E-state index contributed by atoms with van der Waals surface area (Å²) in [4.78, 5) is 20.0. The number of carbonyl (C=O) groups excluding carboxylic acids is 1. The van der Waals surface area contributed by atoms with Gasteiger partial charge in [0.15, 0.2) is 0 Å². The lowest BCUT2D eigenvalue weighted by Crippen LogP contribution is -2.16. The number of rotatable bonds is 11. The van der Waals surface area contributed by atoms with Gasteiger partial charge in [0.2, 0.25) is 5.91 Å². The quantitative estimate of drug-likeness (QED) is 0.222. The van der Waals surface area contributed by atoms with Crippen molar-refractivity contribution < 1.29 is 19.0 Å². The zero-order chi connectivity index (χ0) is 26.5. The zero-order valence-electron chi connectivity index (χ0n) is 21.5. The largest absolute Gasteiger partial charge is 0.494 e. The number of primary amides is 1. The van der Waals surface area contributed by atoms with Gasteiger partial charge in [-0.05, 0) is 39.5 Å². The molecule has 4 rings (SSSR count). The van der Waals surface area contributed by atoms with Gasteiger partial charge in [0.05, 0.1) is 24.6 Å². The van der Waals surface area contributed by atoms with Crippen LogP contribution in [0.15, 0.2) is 59.1 Å². The first-order valence-electron chi connectivity index (χ1n) is 12.2. The Labute approximate surface area is 225 Å². The number of para-hydroxylation sites is 1. The number of carbonyl (C=O) groups is 1. The van der Waals surface area contributed by atoms with E-state index < -0.39 is 12.0 Å². The topological polar surface area (TPSA) is 99.5 Å². The van der Waals surface area contributed by atoms with Crippen molar-refractivity contribution in [2.75, 3.05) is 20.8 Å². The van der Waals surface area contributed by atoms with Gasteiger partial charge in [0, 0.05) is 30.2 Å². The minimum absolute atomic E-state index is 0.0923. The molecule has 1 unspecified atom stereocenters. The van der Waals surface area contributed by atoms with Crippen molar-refractivity contribution in [3.05, 3.63) is 75.8 Å². The molecule has 1 atom stereocenters. The predicted octanol–water partition coefficient (Wildman–Crippen LogP) is 6.31. The van der Waals surface area contributed by atoms with E-state index in [9.17, 15) is 4.79 Å². The lowest BCUT2D eigenvalue weighted by atomic mass is 10.0. The molecule has 0 saturated heterocycles. The van der Waals surface area contributed by atoms with Crippen LogP contribution in [0.2, 0.25) is 0 Å². The molecule has 0 radical (unpaired) electrons. The van der Waals surface area contributed by atoms with E-state index in [-0.39, 0.29) is 6.42 Å². The fraction of sp³-hybridized carbons (Fsp3) is 0.310. The van der Waals surface area contributed by atoms with Gasteiger partial charge in [-0.15, -0.1) is 0 Å². The lowest BCUT2D eigenvalue weighted by molar-refractivity contribution is -0.117. The highest BCUT2D eigenvalue weighted by atomic mass is 79.9. The number of hydrogen-bond donors (Lipinski definition) is 2. The van der Waals surface area contributed by atoms with Crippen LogP contribution in [-0.2, 0) is 16.0 Å². The maximum atomic E-state index is 11.6. The zero-order valence-corrected chi connectivity index (χ0v) is 23.1. The third kappa shape index (κ3) is 5.97. The minimum atomic E-state index is -0.417. The Balaban J connectivity index is 1.77. The number of aromatic amines is 1. The van der Waals surface area contributed by atoms with Crippen molar-refractivity contribution in [3.63, 3.8) is 0 Å². The summed E-state index contributed by atoms with van der Waals surface area (Å²) in [6.45, 7) is 4.82. The van der Waals surface area contributed by atoms with Crippen molar-refractivity contribution in [2.45, 2.75) is 38.7 Å².